The first-order chi connectivity index (χ1) is 18.1. The summed E-state index contributed by atoms with van der Waals surface area (Å²) in [4.78, 5) is 27.0. The monoisotopic (exact) mass is 536 g/mol. The normalized spacial score (nSPS) is 54.8. The van der Waals surface area contributed by atoms with E-state index >= 15 is 0 Å². The van der Waals surface area contributed by atoms with Gasteiger partial charge in [-0.15, -0.1) is 0 Å². The summed E-state index contributed by atoms with van der Waals surface area (Å²) >= 11 is 0. The number of cyclic esters (lactones) is 1. The topological polar surface area (TPSA) is 178 Å². The van der Waals surface area contributed by atoms with Crippen molar-refractivity contribution in [2.45, 2.75) is 93.8 Å². The minimum Gasteiger partial charge on any atom is -0.472 e. The number of fused-ring (bicyclic) bond motifs is 2. The van der Waals surface area contributed by atoms with Crippen LogP contribution in [0.2, 0.25) is 0 Å². The van der Waals surface area contributed by atoms with Crippen LogP contribution < -0.4 is 0 Å². The second-order valence-electron chi connectivity index (χ2n) is 12.1. The Morgan fingerprint density at radius 3 is 2.55 bits per heavy atom. The zero-order valence-electron chi connectivity index (χ0n) is 21.0. The highest BCUT2D eigenvalue weighted by Crippen LogP contribution is 2.73. The van der Waals surface area contributed by atoms with E-state index in [1.54, 1.807) is 12.3 Å². The molecule has 0 amide bonds. The van der Waals surface area contributed by atoms with Crippen LogP contribution >= 0.6 is 0 Å². The van der Waals surface area contributed by atoms with Crippen molar-refractivity contribution in [1.82, 2.24) is 0 Å². The van der Waals surface area contributed by atoms with Gasteiger partial charge in [-0.25, -0.2) is 4.79 Å². The molecule has 0 spiro atoms. The van der Waals surface area contributed by atoms with Gasteiger partial charge in [0.05, 0.1) is 25.1 Å². The molecule has 1 aromatic heterocycles. The molecule has 12 nitrogen and oxygen atoms in total. The van der Waals surface area contributed by atoms with Gasteiger partial charge in [0.15, 0.2) is 6.29 Å². The zero-order valence-corrected chi connectivity index (χ0v) is 21.0. The number of aliphatic hydroxyl groups is 4. The number of esters is 2. The number of carbonyl (C=O) groups excluding carboxylic acids is 2. The Morgan fingerprint density at radius 1 is 1.05 bits per heavy atom. The van der Waals surface area contributed by atoms with E-state index < -0.39 is 90.0 Å². The van der Waals surface area contributed by atoms with Gasteiger partial charge in [0.1, 0.15) is 48.8 Å². The molecule has 0 unspecified atom stereocenters. The van der Waals surface area contributed by atoms with Crippen LogP contribution in [0.15, 0.2) is 23.0 Å². The van der Waals surface area contributed by atoms with Gasteiger partial charge in [0.25, 0.3) is 0 Å². The SMILES string of the molecule is C[C@@]12C[C@H](c3ccoc3)OC(=O)[C@H]1CC[C@]1(C)[C@H]2[C@@H]2OC(=O)[C@@]1(O[C@@H]1O[C@H](CO)[C@@H](O)[C@H](O)[C@H]1O)[C@H]1O[C@@H]21. The van der Waals surface area contributed by atoms with Crippen LogP contribution in [0, 0.1) is 22.7 Å². The maximum Gasteiger partial charge on any atom is 0.342 e. The van der Waals surface area contributed by atoms with E-state index in [1.165, 1.54) is 6.26 Å². The van der Waals surface area contributed by atoms with Crippen molar-refractivity contribution >= 4 is 11.9 Å². The molecule has 2 aliphatic carbocycles. The van der Waals surface area contributed by atoms with Gasteiger partial charge >= 0.3 is 11.9 Å². The van der Waals surface area contributed by atoms with Crippen LogP contribution in [0.25, 0.3) is 0 Å². The third-order valence-corrected chi connectivity index (χ3v) is 10.4. The Bertz CT molecular complexity index is 1140. The quantitative estimate of drug-likeness (QED) is 0.289. The molecular weight excluding hydrogens is 504 g/mol. The predicted molar refractivity (Wildman–Crippen MR) is 121 cm³/mol. The average Bonchev–Trinajstić information content (AvgIpc) is 3.51. The first-order valence-corrected chi connectivity index (χ1v) is 13.1. The lowest BCUT2D eigenvalue weighted by molar-refractivity contribution is -0.365. The molecule has 12 heteroatoms. The second-order valence-corrected chi connectivity index (χ2v) is 12.1. The smallest absolute Gasteiger partial charge is 0.342 e. The standard InChI is InChI=1S/C26H32O12/c1-24-7-12(10-4-6-33-9-10)34-21(31)11(24)3-5-25(2)19(24)17-18-20(36-18)26(25,23(32)37-17)38-22-16(30)15(29)14(28)13(8-27)35-22/h4,6,9,11-20,22,27-30H,3,5,7-8H2,1-2H3/t11-,12-,13-,14-,15+,16-,17-,18+,19+,20+,22+,24-,25-,26+/m1/s1. The van der Waals surface area contributed by atoms with Gasteiger partial charge in [0.2, 0.25) is 5.60 Å². The summed E-state index contributed by atoms with van der Waals surface area (Å²) in [6.07, 6.45) is -5.53. The molecule has 1 aromatic rings. The number of epoxide rings is 1. The first-order valence-electron chi connectivity index (χ1n) is 13.1. The summed E-state index contributed by atoms with van der Waals surface area (Å²) in [6, 6.07) is 1.76. The number of furan rings is 1. The lowest BCUT2D eigenvalue weighted by Gasteiger charge is -2.67. The van der Waals surface area contributed by atoms with Gasteiger partial charge in [-0.3, -0.25) is 4.79 Å². The van der Waals surface area contributed by atoms with Crippen LogP contribution in [0.1, 0.15) is 44.8 Å². The second kappa shape index (κ2) is 8.00. The summed E-state index contributed by atoms with van der Waals surface area (Å²) in [5.74, 6) is -1.74. The fraction of sp³-hybridized carbons (Fsp3) is 0.769. The number of hydrogen-bond acceptors (Lipinski definition) is 12. The van der Waals surface area contributed by atoms with E-state index in [9.17, 15) is 30.0 Å². The summed E-state index contributed by atoms with van der Waals surface area (Å²) in [6.45, 7) is 3.33. The van der Waals surface area contributed by atoms with Crippen molar-refractivity contribution in [3.63, 3.8) is 0 Å². The van der Waals surface area contributed by atoms with Crippen molar-refractivity contribution < 1.29 is 58.1 Å². The fourth-order valence-corrected chi connectivity index (χ4v) is 8.50. The zero-order chi connectivity index (χ0) is 26.8. The van der Waals surface area contributed by atoms with E-state index in [2.05, 4.69) is 0 Å². The van der Waals surface area contributed by atoms with Crippen molar-refractivity contribution in [2.75, 3.05) is 6.61 Å². The van der Waals surface area contributed by atoms with Crippen LogP contribution in [0.5, 0.6) is 0 Å². The van der Waals surface area contributed by atoms with Crippen LogP contribution in [-0.2, 0) is 33.3 Å². The molecule has 8 rings (SSSR count). The van der Waals surface area contributed by atoms with Gasteiger partial charge in [0, 0.05) is 16.9 Å². The third kappa shape index (κ3) is 2.94. The number of rotatable bonds is 4. The van der Waals surface area contributed by atoms with Crippen molar-refractivity contribution in [1.29, 1.82) is 0 Å². The number of aliphatic hydroxyl groups excluding tert-OH is 4. The summed E-state index contributed by atoms with van der Waals surface area (Å²) in [5, 5.41) is 41.0. The molecule has 7 fully saturated rings. The first kappa shape index (κ1) is 24.9. The Hall–Kier alpha value is -2.06. The Balaban J connectivity index is 1.29. The van der Waals surface area contributed by atoms with Crippen LogP contribution in [-0.4, -0.2) is 93.6 Å². The largest absolute Gasteiger partial charge is 0.472 e. The lowest BCUT2D eigenvalue weighted by atomic mass is 9.41. The van der Waals surface area contributed by atoms with Crippen LogP contribution in [0.3, 0.4) is 0 Å². The highest BCUT2D eigenvalue weighted by molar-refractivity contribution is 5.86. The molecule has 0 radical (unpaired) electrons. The minimum absolute atomic E-state index is 0.308. The molecule has 208 valence electrons. The van der Waals surface area contributed by atoms with E-state index in [1.807, 2.05) is 13.8 Å². The van der Waals surface area contributed by atoms with Crippen LogP contribution in [0.4, 0.5) is 0 Å². The van der Waals surface area contributed by atoms with Gasteiger partial charge < -0.3 is 48.5 Å². The number of carbonyl (C=O) groups is 2. The van der Waals surface area contributed by atoms with Crippen molar-refractivity contribution in [3.05, 3.63) is 24.2 Å². The van der Waals surface area contributed by atoms with E-state index in [0.29, 0.717) is 19.3 Å². The average molecular weight is 537 g/mol. The summed E-state index contributed by atoms with van der Waals surface area (Å²) in [5.41, 5.74) is -2.51. The summed E-state index contributed by atoms with van der Waals surface area (Å²) < 4.78 is 35.1. The number of hydrogen-bond donors (Lipinski definition) is 4. The van der Waals surface area contributed by atoms with Gasteiger partial charge in [-0.05, 0) is 30.7 Å². The molecule has 7 aliphatic rings. The molecule has 5 aliphatic heterocycles. The minimum atomic E-state index is -1.70. The number of ether oxygens (including phenoxy) is 5. The molecule has 6 heterocycles. The predicted octanol–water partition coefficient (Wildman–Crippen LogP) is -0.432. The highest BCUT2D eigenvalue weighted by atomic mass is 16.8. The molecule has 5 saturated heterocycles. The fourth-order valence-electron chi connectivity index (χ4n) is 8.50. The molecule has 14 atom stereocenters. The summed E-state index contributed by atoms with van der Waals surface area (Å²) in [7, 11) is 0. The Labute approximate surface area is 217 Å². The maximum atomic E-state index is 13.7. The third-order valence-electron chi connectivity index (χ3n) is 10.4. The van der Waals surface area contributed by atoms with E-state index in [4.69, 9.17) is 28.1 Å². The molecule has 4 N–H and O–H groups in total. The van der Waals surface area contributed by atoms with Gasteiger partial charge in [-0.1, -0.05) is 13.8 Å². The van der Waals surface area contributed by atoms with Crippen molar-refractivity contribution in [2.24, 2.45) is 22.7 Å². The van der Waals surface area contributed by atoms with E-state index in [-0.39, 0.29) is 11.9 Å². The van der Waals surface area contributed by atoms with E-state index in [0.717, 1.165) is 5.56 Å². The molecule has 38 heavy (non-hydrogen) atoms. The lowest BCUT2D eigenvalue weighted by Crippen LogP contribution is -2.79. The highest BCUT2D eigenvalue weighted by Gasteiger charge is 2.86. The molecule has 2 saturated carbocycles. The van der Waals surface area contributed by atoms with Gasteiger partial charge in [-0.2, -0.15) is 0 Å². The molecular formula is C26H32O12. The Kier molecular flexibility index (Phi) is 5.25. The molecule has 0 aromatic carbocycles. The Morgan fingerprint density at radius 2 is 1.84 bits per heavy atom. The van der Waals surface area contributed by atoms with Crippen molar-refractivity contribution in [3.8, 4) is 0 Å². The molecule has 2 bridgehead atoms. The maximum absolute atomic E-state index is 13.7.